The summed E-state index contributed by atoms with van der Waals surface area (Å²) in [5.41, 5.74) is 8.08. The number of rotatable bonds is 7. The molecule has 2 bridgehead atoms. The first kappa shape index (κ1) is 24.0. The van der Waals surface area contributed by atoms with Crippen molar-refractivity contribution in [2.45, 2.75) is 25.3 Å². The van der Waals surface area contributed by atoms with Crippen molar-refractivity contribution < 1.29 is 14.0 Å². The molecule has 3 aromatic rings. The van der Waals surface area contributed by atoms with E-state index in [1.54, 1.807) is 24.5 Å². The number of allylic oxidation sites excluding steroid dienone is 1. The van der Waals surface area contributed by atoms with E-state index in [1.165, 1.54) is 6.07 Å². The molecule has 194 valence electrons. The first-order chi connectivity index (χ1) is 18.5. The third-order valence-electron chi connectivity index (χ3n) is 7.65. The van der Waals surface area contributed by atoms with Crippen molar-refractivity contribution >= 4 is 29.3 Å². The third-order valence-corrected chi connectivity index (χ3v) is 7.65. The molecule has 10 heteroatoms. The van der Waals surface area contributed by atoms with Crippen LogP contribution in [0.15, 0.2) is 61.1 Å². The lowest BCUT2D eigenvalue weighted by atomic mass is 9.88. The SMILES string of the molecule is NC(=O)C1C2C=CC(C2)C1Nc1nc(Nc2cccc(C(=O)N3CCCC3)c2)ncc1-c1cncc(F)c1. The summed E-state index contributed by atoms with van der Waals surface area (Å²) in [6, 6.07) is 8.36. The number of amides is 2. The average Bonchev–Trinajstić information content (AvgIpc) is 3.67. The Morgan fingerprint density at radius 3 is 2.66 bits per heavy atom. The summed E-state index contributed by atoms with van der Waals surface area (Å²) in [5.74, 6) is -0.251. The van der Waals surface area contributed by atoms with Gasteiger partial charge in [-0.15, -0.1) is 0 Å². The lowest BCUT2D eigenvalue weighted by molar-refractivity contribution is -0.122. The van der Waals surface area contributed by atoms with E-state index in [2.05, 4.69) is 32.8 Å². The Balaban J connectivity index is 1.32. The first-order valence-electron chi connectivity index (χ1n) is 12.8. The molecule has 4 atom stereocenters. The molecule has 4 N–H and O–H groups in total. The molecular formula is C28H28FN7O2. The highest BCUT2D eigenvalue weighted by molar-refractivity contribution is 5.95. The van der Waals surface area contributed by atoms with E-state index >= 15 is 0 Å². The molecule has 0 spiro atoms. The van der Waals surface area contributed by atoms with Crippen molar-refractivity contribution in [3.63, 3.8) is 0 Å². The van der Waals surface area contributed by atoms with Gasteiger partial charge in [0.1, 0.15) is 11.6 Å². The minimum absolute atomic E-state index is 0.00482. The topological polar surface area (TPSA) is 126 Å². The molecular weight excluding hydrogens is 485 g/mol. The highest BCUT2D eigenvalue weighted by atomic mass is 19.1. The van der Waals surface area contributed by atoms with Gasteiger partial charge in [0.15, 0.2) is 0 Å². The molecule has 2 amide bonds. The summed E-state index contributed by atoms with van der Waals surface area (Å²) in [6.07, 6.45) is 11.3. The van der Waals surface area contributed by atoms with Gasteiger partial charge >= 0.3 is 0 Å². The predicted molar refractivity (Wildman–Crippen MR) is 141 cm³/mol. The van der Waals surface area contributed by atoms with Crippen LogP contribution in [0, 0.1) is 23.6 Å². The van der Waals surface area contributed by atoms with Gasteiger partial charge in [0.2, 0.25) is 11.9 Å². The van der Waals surface area contributed by atoms with E-state index < -0.39 is 5.82 Å². The number of hydrogen-bond acceptors (Lipinski definition) is 7. The Labute approximate surface area is 219 Å². The Kier molecular flexibility index (Phi) is 6.22. The third kappa shape index (κ3) is 4.57. The number of aromatic nitrogens is 3. The highest BCUT2D eigenvalue weighted by Crippen LogP contribution is 2.45. The van der Waals surface area contributed by atoms with Crippen LogP contribution in [0.2, 0.25) is 0 Å². The van der Waals surface area contributed by atoms with Gasteiger partial charge < -0.3 is 21.3 Å². The van der Waals surface area contributed by atoms with E-state index in [0.717, 1.165) is 38.5 Å². The van der Waals surface area contributed by atoms with Crippen LogP contribution in [0.25, 0.3) is 11.1 Å². The molecule has 1 saturated heterocycles. The lowest BCUT2D eigenvalue weighted by Crippen LogP contribution is -2.41. The number of primary amides is 1. The fourth-order valence-electron chi connectivity index (χ4n) is 5.85. The van der Waals surface area contributed by atoms with E-state index in [-0.39, 0.29) is 35.6 Å². The standard InChI is InChI=1S/C28H28FN7O2/c29-20-11-19(13-31-14-20)22-15-32-28(33-21-5-3-4-18(12-21)27(38)36-8-1-2-9-36)35-26(22)34-24-17-7-6-16(10-17)23(24)25(30)37/h3-7,11-17,23-24H,1-2,8-10H2,(H2,30,37)(H2,32,33,34,35). The van der Waals surface area contributed by atoms with Crippen molar-refractivity contribution in [1.29, 1.82) is 0 Å². The number of hydrogen-bond donors (Lipinski definition) is 3. The number of nitrogens with zero attached hydrogens (tertiary/aromatic N) is 4. The van der Waals surface area contributed by atoms with Crippen LogP contribution in [0.5, 0.6) is 0 Å². The van der Waals surface area contributed by atoms with Crippen LogP contribution >= 0.6 is 0 Å². The molecule has 38 heavy (non-hydrogen) atoms. The van der Waals surface area contributed by atoms with Crippen molar-refractivity contribution in [1.82, 2.24) is 19.9 Å². The number of anilines is 3. The molecule has 6 rings (SSSR count). The first-order valence-corrected chi connectivity index (χ1v) is 12.8. The molecule has 3 aliphatic rings. The summed E-state index contributed by atoms with van der Waals surface area (Å²) in [6.45, 7) is 1.55. The maximum absolute atomic E-state index is 14.0. The fraction of sp³-hybridized carbons (Fsp3) is 0.321. The van der Waals surface area contributed by atoms with Crippen LogP contribution in [0.4, 0.5) is 21.8 Å². The van der Waals surface area contributed by atoms with Gasteiger partial charge in [-0.2, -0.15) is 4.98 Å². The van der Waals surface area contributed by atoms with Gasteiger partial charge in [-0.05, 0) is 55.4 Å². The van der Waals surface area contributed by atoms with Gasteiger partial charge in [0.05, 0.1) is 12.1 Å². The van der Waals surface area contributed by atoms with Crippen molar-refractivity contribution in [2.24, 2.45) is 23.5 Å². The highest BCUT2D eigenvalue weighted by Gasteiger charge is 2.47. The smallest absolute Gasteiger partial charge is 0.253 e. The van der Waals surface area contributed by atoms with E-state index in [9.17, 15) is 14.0 Å². The largest absolute Gasteiger partial charge is 0.369 e. The van der Waals surface area contributed by atoms with Crippen LogP contribution in [0.3, 0.4) is 0 Å². The molecule has 2 aromatic heterocycles. The Bertz CT molecular complexity index is 1420. The number of carbonyl (C=O) groups is 2. The zero-order valence-corrected chi connectivity index (χ0v) is 20.7. The molecule has 1 saturated carbocycles. The summed E-state index contributed by atoms with van der Waals surface area (Å²) < 4.78 is 14.0. The second-order valence-corrected chi connectivity index (χ2v) is 10.1. The number of nitrogens with two attached hydrogens (primary N) is 1. The monoisotopic (exact) mass is 513 g/mol. The zero-order chi connectivity index (χ0) is 26.2. The van der Waals surface area contributed by atoms with Crippen molar-refractivity contribution in [3.8, 4) is 11.1 Å². The average molecular weight is 514 g/mol. The van der Waals surface area contributed by atoms with Gasteiger partial charge in [0.25, 0.3) is 5.91 Å². The number of fused-ring (bicyclic) bond motifs is 2. The van der Waals surface area contributed by atoms with Crippen LogP contribution in [0.1, 0.15) is 29.6 Å². The van der Waals surface area contributed by atoms with Crippen LogP contribution in [-0.2, 0) is 4.79 Å². The van der Waals surface area contributed by atoms with Crippen LogP contribution in [-0.4, -0.2) is 50.8 Å². The summed E-state index contributed by atoms with van der Waals surface area (Å²) in [5, 5.41) is 6.61. The minimum Gasteiger partial charge on any atom is -0.369 e. The molecule has 9 nitrogen and oxygen atoms in total. The number of likely N-dealkylation sites (tertiary alicyclic amines) is 1. The quantitative estimate of drug-likeness (QED) is 0.411. The fourth-order valence-corrected chi connectivity index (χ4v) is 5.85. The summed E-state index contributed by atoms with van der Waals surface area (Å²) >= 11 is 0. The van der Waals surface area contributed by atoms with Gasteiger partial charge in [-0.3, -0.25) is 14.6 Å². The minimum atomic E-state index is -0.479. The Morgan fingerprint density at radius 2 is 1.87 bits per heavy atom. The number of pyridine rings is 1. The molecule has 1 aromatic carbocycles. The molecule has 1 aliphatic heterocycles. The Hall–Kier alpha value is -4.34. The maximum Gasteiger partial charge on any atom is 0.253 e. The number of benzene rings is 1. The molecule has 2 fully saturated rings. The normalized spacial score (nSPS) is 23.6. The molecule has 3 heterocycles. The van der Waals surface area contributed by atoms with Crippen molar-refractivity contribution in [2.75, 3.05) is 23.7 Å². The number of halogens is 1. The van der Waals surface area contributed by atoms with E-state index in [4.69, 9.17) is 10.7 Å². The van der Waals surface area contributed by atoms with Crippen LogP contribution < -0.4 is 16.4 Å². The predicted octanol–water partition coefficient (Wildman–Crippen LogP) is 3.75. The van der Waals surface area contributed by atoms with Gasteiger partial charge in [-0.1, -0.05) is 18.2 Å². The summed E-state index contributed by atoms with van der Waals surface area (Å²) in [4.78, 5) is 40.1. The van der Waals surface area contributed by atoms with E-state index in [0.29, 0.717) is 34.1 Å². The molecule has 2 aliphatic carbocycles. The zero-order valence-electron chi connectivity index (χ0n) is 20.7. The van der Waals surface area contributed by atoms with Gasteiger partial charge in [0, 0.05) is 53.9 Å². The Morgan fingerprint density at radius 1 is 1.05 bits per heavy atom. The van der Waals surface area contributed by atoms with E-state index in [1.807, 2.05) is 17.0 Å². The second kappa shape index (κ2) is 9.85. The second-order valence-electron chi connectivity index (χ2n) is 10.1. The summed E-state index contributed by atoms with van der Waals surface area (Å²) in [7, 11) is 0. The molecule has 0 radical (unpaired) electrons. The maximum atomic E-state index is 14.0. The number of carbonyl (C=O) groups excluding carboxylic acids is 2. The van der Waals surface area contributed by atoms with Crippen molar-refractivity contribution in [3.05, 3.63) is 72.5 Å². The number of nitrogens with one attached hydrogen (secondary N) is 2. The lowest BCUT2D eigenvalue weighted by Gasteiger charge is -2.28. The van der Waals surface area contributed by atoms with Gasteiger partial charge in [-0.25, -0.2) is 9.37 Å². The molecule has 4 unspecified atom stereocenters.